The van der Waals surface area contributed by atoms with Crippen LogP contribution in [0.3, 0.4) is 0 Å². The summed E-state index contributed by atoms with van der Waals surface area (Å²) in [5.41, 5.74) is 2.73. The highest BCUT2D eigenvalue weighted by Crippen LogP contribution is 2.39. The molecule has 3 heteroatoms. The number of ether oxygens (including phenoxy) is 1. The van der Waals surface area contributed by atoms with Gasteiger partial charge in [0.15, 0.2) is 0 Å². The monoisotopic (exact) mass is 287 g/mol. The van der Waals surface area contributed by atoms with Gasteiger partial charge in [-0.05, 0) is 43.2 Å². The van der Waals surface area contributed by atoms with Gasteiger partial charge in [-0.15, -0.1) is 0 Å². The average molecular weight is 287 g/mol. The summed E-state index contributed by atoms with van der Waals surface area (Å²) in [6.07, 6.45) is 3.02. The van der Waals surface area contributed by atoms with E-state index in [-0.39, 0.29) is 17.2 Å². The lowest BCUT2D eigenvalue weighted by Gasteiger charge is -2.39. The van der Waals surface area contributed by atoms with Gasteiger partial charge in [-0.3, -0.25) is 4.79 Å². The minimum Gasteiger partial charge on any atom is -0.381 e. The maximum Gasteiger partial charge on any atom is 0.223 e. The Morgan fingerprint density at radius 2 is 2.00 bits per heavy atom. The number of amides is 1. The highest BCUT2D eigenvalue weighted by atomic mass is 16.5. The Labute approximate surface area is 127 Å². The zero-order valence-corrected chi connectivity index (χ0v) is 13.0. The second-order valence-corrected chi connectivity index (χ2v) is 6.74. The van der Waals surface area contributed by atoms with Crippen LogP contribution < -0.4 is 5.32 Å². The van der Waals surface area contributed by atoms with E-state index < -0.39 is 0 Å². The fourth-order valence-electron chi connectivity index (χ4n) is 3.55. The molecule has 1 aliphatic heterocycles. The summed E-state index contributed by atoms with van der Waals surface area (Å²) in [7, 11) is 0. The Morgan fingerprint density at radius 3 is 2.62 bits per heavy atom. The van der Waals surface area contributed by atoms with Crippen LogP contribution in [0.15, 0.2) is 24.3 Å². The number of carbonyl (C=O) groups excluding carboxylic acids is 1. The van der Waals surface area contributed by atoms with Crippen LogP contribution in [0.1, 0.15) is 37.3 Å². The standard InChI is InChI=1S/C18H25NO2/c1-13-5-3-4-6-16(13)18(7-9-21-10-8-18)12-19-17(20)15-11-14(15)2/h3-6,14-15H,7-12H2,1-2H3,(H,19,20)/t14-,15+/m0/s1. The van der Waals surface area contributed by atoms with Crippen LogP contribution in [0.2, 0.25) is 0 Å². The molecule has 1 amide bonds. The molecule has 1 N–H and O–H groups in total. The van der Waals surface area contributed by atoms with Crippen molar-refractivity contribution in [3.63, 3.8) is 0 Å². The highest BCUT2D eigenvalue weighted by molar-refractivity contribution is 5.81. The minimum atomic E-state index is 0.0391. The molecule has 2 atom stereocenters. The van der Waals surface area contributed by atoms with E-state index in [9.17, 15) is 4.79 Å². The molecule has 1 aliphatic carbocycles. The van der Waals surface area contributed by atoms with Gasteiger partial charge < -0.3 is 10.1 Å². The first-order valence-corrected chi connectivity index (χ1v) is 8.04. The van der Waals surface area contributed by atoms with Crippen LogP contribution in [-0.4, -0.2) is 25.7 Å². The predicted octanol–water partition coefficient (Wildman–Crippen LogP) is 2.82. The van der Waals surface area contributed by atoms with Crippen LogP contribution in [0.5, 0.6) is 0 Å². The van der Waals surface area contributed by atoms with Crippen LogP contribution in [0.4, 0.5) is 0 Å². The number of hydrogen-bond acceptors (Lipinski definition) is 2. The quantitative estimate of drug-likeness (QED) is 0.925. The van der Waals surface area contributed by atoms with Crippen molar-refractivity contribution in [2.24, 2.45) is 11.8 Å². The maximum atomic E-state index is 12.2. The van der Waals surface area contributed by atoms with Gasteiger partial charge in [0, 0.05) is 31.1 Å². The molecule has 3 nitrogen and oxygen atoms in total. The fraction of sp³-hybridized carbons (Fsp3) is 0.611. The molecule has 1 saturated carbocycles. The van der Waals surface area contributed by atoms with Crippen LogP contribution in [-0.2, 0) is 14.9 Å². The normalized spacial score (nSPS) is 27.1. The van der Waals surface area contributed by atoms with Gasteiger partial charge in [0.2, 0.25) is 5.91 Å². The van der Waals surface area contributed by atoms with Crippen molar-refractivity contribution in [3.8, 4) is 0 Å². The molecule has 1 aromatic carbocycles. The van der Waals surface area contributed by atoms with Crippen molar-refractivity contribution in [2.45, 2.75) is 38.5 Å². The fourth-order valence-corrected chi connectivity index (χ4v) is 3.55. The molecule has 0 unspecified atom stereocenters. The third kappa shape index (κ3) is 2.98. The van der Waals surface area contributed by atoms with Crippen molar-refractivity contribution < 1.29 is 9.53 Å². The molecule has 0 aromatic heterocycles. The van der Waals surface area contributed by atoms with Crippen molar-refractivity contribution in [2.75, 3.05) is 19.8 Å². The van der Waals surface area contributed by atoms with Crippen molar-refractivity contribution >= 4 is 5.91 Å². The molecule has 2 aliphatic rings. The number of hydrogen-bond donors (Lipinski definition) is 1. The molecule has 1 heterocycles. The lowest BCUT2D eigenvalue weighted by Crippen LogP contribution is -2.45. The SMILES string of the molecule is Cc1ccccc1C1(CNC(=O)[C@@H]2C[C@@H]2C)CCOCC1. The third-order valence-electron chi connectivity index (χ3n) is 5.21. The van der Waals surface area contributed by atoms with Gasteiger partial charge >= 0.3 is 0 Å². The van der Waals surface area contributed by atoms with Gasteiger partial charge in [0.25, 0.3) is 0 Å². The number of rotatable bonds is 4. The number of aryl methyl sites for hydroxylation is 1. The maximum absolute atomic E-state index is 12.2. The second-order valence-electron chi connectivity index (χ2n) is 6.74. The molecule has 114 valence electrons. The largest absolute Gasteiger partial charge is 0.381 e. The zero-order chi connectivity index (χ0) is 14.9. The van der Waals surface area contributed by atoms with E-state index in [2.05, 4.69) is 43.4 Å². The molecule has 0 spiro atoms. The van der Waals surface area contributed by atoms with E-state index in [1.54, 1.807) is 0 Å². The summed E-state index contributed by atoms with van der Waals surface area (Å²) in [5.74, 6) is 1.05. The summed E-state index contributed by atoms with van der Waals surface area (Å²) in [6, 6.07) is 8.56. The molecule has 0 bridgehead atoms. The van der Waals surface area contributed by atoms with E-state index in [1.807, 2.05) is 0 Å². The van der Waals surface area contributed by atoms with Crippen LogP contribution in [0.25, 0.3) is 0 Å². The highest BCUT2D eigenvalue weighted by Gasteiger charge is 2.41. The zero-order valence-electron chi connectivity index (χ0n) is 13.0. The first kappa shape index (κ1) is 14.6. The van der Waals surface area contributed by atoms with Gasteiger partial charge in [0.05, 0.1) is 0 Å². The number of carbonyl (C=O) groups is 1. The summed E-state index contributed by atoms with van der Waals surface area (Å²) < 4.78 is 5.56. The lowest BCUT2D eigenvalue weighted by molar-refractivity contribution is -0.123. The lowest BCUT2D eigenvalue weighted by atomic mass is 9.72. The topological polar surface area (TPSA) is 38.3 Å². The molecule has 0 radical (unpaired) electrons. The van der Waals surface area contributed by atoms with Gasteiger partial charge in [-0.1, -0.05) is 31.2 Å². The minimum absolute atomic E-state index is 0.0391. The van der Waals surface area contributed by atoms with Gasteiger partial charge in [0.1, 0.15) is 0 Å². The van der Waals surface area contributed by atoms with E-state index in [0.29, 0.717) is 5.92 Å². The predicted molar refractivity (Wildman–Crippen MR) is 83.2 cm³/mol. The van der Waals surface area contributed by atoms with Gasteiger partial charge in [-0.25, -0.2) is 0 Å². The summed E-state index contributed by atoms with van der Waals surface area (Å²) in [4.78, 5) is 12.2. The first-order chi connectivity index (χ1) is 10.1. The molecule has 3 rings (SSSR count). The Bertz CT molecular complexity index is 520. The smallest absolute Gasteiger partial charge is 0.223 e. The Kier molecular flexibility index (Phi) is 4.03. The van der Waals surface area contributed by atoms with Crippen molar-refractivity contribution in [1.29, 1.82) is 0 Å². The van der Waals surface area contributed by atoms with Crippen molar-refractivity contribution in [3.05, 3.63) is 35.4 Å². The first-order valence-electron chi connectivity index (χ1n) is 8.04. The Hall–Kier alpha value is -1.35. The van der Waals surface area contributed by atoms with Crippen LogP contribution in [0, 0.1) is 18.8 Å². The molecule has 1 saturated heterocycles. The summed E-state index contributed by atoms with van der Waals surface area (Å²) in [5, 5.41) is 3.22. The Balaban J connectivity index is 1.77. The summed E-state index contributed by atoms with van der Waals surface area (Å²) in [6.45, 7) is 6.62. The molecular formula is C18H25NO2. The molecule has 21 heavy (non-hydrogen) atoms. The van der Waals surface area contributed by atoms with E-state index in [1.165, 1.54) is 11.1 Å². The summed E-state index contributed by atoms with van der Waals surface area (Å²) >= 11 is 0. The van der Waals surface area contributed by atoms with E-state index >= 15 is 0 Å². The van der Waals surface area contributed by atoms with E-state index in [4.69, 9.17) is 4.74 Å². The van der Waals surface area contributed by atoms with Crippen LogP contribution >= 0.6 is 0 Å². The van der Waals surface area contributed by atoms with Gasteiger partial charge in [-0.2, -0.15) is 0 Å². The molecular weight excluding hydrogens is 262 g/mol. The number of nitrogens with one attached hydrogen (secondary N) is 1. The molecule has 2 fully saturated rings. The number of benzene rings is 1. The molecule has 1 aromatic rings. The van der Waals surface area contributed by atoms with E-state index in [0.717, 1.165) is 39.0 Å². The van der Waals surface area contributed by atoms with Crippen molar-refractivity contribution in [1.82, 2.24) is 5.32 Å². The second kappa shape index (κ2) is 5.80. The average Bonchev–Trinajstić information content (AvgIpc) is 3.23. The Morgan fingerprint density at radius 1 is 1.33 bits per heavy atom. The third-order valence-corrected chi connectivity index (χ3v) is 5.21.